The molecule has 0 N–H and O–H groups in total. The van der Waals surface area contributed by atoms with Gasteiger partial charge in [-0.3, -0.25) is 4.79 Å². The van der Waals surface area contributed by atoms with Gasteiger partial charge >= 0.3 is 0 Å². The maximum Gasteiger partial charge on any atom is 0.199 e. The molecule has 0 unspecified atom stereocenters. The average Bonchev–Trinajstić information content (AvgIpc) is 2.69. The molecule has 0 saturated carbocycles. The summed E-state index contributed by atoms with van der Waals surface area (Å²) >= 11 is 0. The molecule has 0 aliphatic heterocycles. The van der Waals surface area contributed by atoms with Crippen molar-refractivity contribution in [2.75, 3.05) is 20.6 Å². The fourth-order valence-corrected chi connectivity index (χ4v) is 1.65. The molecule has 0 spiro atoms. The van der Waals surface area contributed by atoms with Crippen LogP contribution in [-0.4, -0.2) is 31.3 Å². The normalized spacial score (nSPS) is 10.5. The van der Waals surface area contributed by atoms with Gasteiger partial charge in [0.25, 0.3) is 0 Å². The third-order valence-electron chi connectivity index (χ3n) is 2.55. The fourth-order valence-electron chi connectivity index (χ4n) is 1.65. The van der Waals surface area contributed by atoms with Crippen molar-refractivity contribution in [2.24, 2.45) is 0 Å². The Bertz CT molecular complexity index is 505. The highest BCUT2D eigenvalue weighted by Gasteiger charge is 2.14. The zero-order chi connectivity index (χ0) is 11.5. The first kappa shape index (κ1) is 13.7. The van der Waals surface area contributed by atoms with Crippen LogP contribution < -0.4 is 0 Å². The van der Waals surface area contributed by atoms with Crippen molar-refractivity contribution in [1.29, 1.82) is 0 Å². The molecule has 0 aliphatic carbocycles. The van der Waals surface area contributed by atoms with Crippen LogP contribution in [0, 0.1) is 0 Å². The summed E-state index contributed by atoms with van der Waals surface area (Å²) in [5.41, 5.74) is 0. The zero-order valence-corrected chi connectivity index (χ0v) is 10.8. The van der Waals surface area contributed by atoms with Crippen LogP contribution in [0.1, 0.15) is 17.0 Å². The number of fused-ring (bicyclic) bond motifs is 1. The van der Waals surface area contributed by atoms with Crippen molar-refractivity contribution in [2.45, 2.75) is 6.42 Å². The molecule has 1 aromatic carbocycles. The van der Waals surface area contributed by atoms with Crippen LogP contribution in [0.4, 0.5) is 0 Å². The van der Waals surface area contributed by atoms with Gasteiger partial charge in [0.2, 0.25) is 0 Å². The second kappa shape index (κ2) is 5.84. The number of furan rings is 1. The summed E-state index contributed by atoms with van der Waals surface area (Å²) in [6, 6.07) is 7.72. The summed E-state index contributed by atoms with van der Waals surface area (Å²) in [6.07, 6.45) is 2.13. The molecule has 1 heterocycles. The van der Waals surface area contributed by atoms with Gasteiger partial charge in [0, 0.05) is 23.7 Å². The van der Waals surface area contributed by atoms with Crippen molar-refractivity contribution in [1.82, 2.24) is 4.90 Å². The van der Waals surface area contributed by atoms with E-state index < -0.39 is 0 Å². The lowest BCUT2D eigenvalue weighted by atomic mass is 10.1. The molecule has 4 heteroatoms. The number of halogens is 1. The van der Waals surface area contributed by atoms with Gasteiger partial charge in [0.05, 0.1) is 6.26 Å². The first-order valence-corrected chi connectivity index (χ1v) is 5.32. The topological polar surface area (TPSA) is 33.5 Å². The van der Waals surface area contributed by atoms with Crippen molar-refractivity contribution in [3.63, 3.8) is 0 Å². The number of Topliss-reactive ketones (excluding diaryl/α,β-unsaturated/α-hetero) is 1. The Morgan fingerprint density at radius 3 is 2.71 bits per heavy atom. The largest absolute Gasteiger partial charge is 0.460 e. The van der Waals surface area contributed by atoms with E-state index in [0.29, 0.717) is 12.2 Å². The van der Waals surface area contributed by atoms with Crippen LogP contribution in [0.25, 0.3) is 10.8 Å². The van der Waals surface area contributed by atoms with Crippen molar-refractivity contribution in [3.05, 3.63) is 36.3 Å². The summed E-state index contributed by atoms with van der Waals surface area (Å²) in [4.78, 5) is 13.9. The molecule has 0 radical (unpaired) electrons. The van der Waals surface area contributed by atoms with Crippen molar-refractivity contribution < 1.29 is 9.21 Å². The molecule has 2 rings (SSSR count). The minimum Gasteiger partial charge on any atom is -0.460 e. The van der Waals surface area contributed by atoms with Crippen molar-refractivity contribution in [3.8, 4) is 0 Å². The van der Waals surface area contributed by atoms with Gasteiger partial charge < -0.3 is 9.32 Å². The quantitative estimate of drug-likeness (QED) is 0.786. The Hall–Kier alpha value is -1.32. The lowest BCUT2D eigenvalue weighted by Gasteiger charge is -2.07. The number of benzene rings is 1. The highest BCUT2D eigenvalue weighted by molar-refractivity contribution is 6.05. The number of hydrogen-bond donors (Lipinski definition) is 0. The highest BCUT2D eigenvalue weighted by Crippen LogP contribution is 2.21. The van der Waals surface area contributed by atoms with E-state index >= 15 is 0 Å². The van der Waals surface area contributed by atoms with Gasteiger partial charge in [0.15, 0.2) is 11.5 Å². The summed E-state index contributed by atoms with van der Waals surface area (Å²) in [6.45, 7) is 0.744. The number of rotatable bonds is 4. The Balaban J connectivity index is 0.00000144. The molecule has 0 amide bonds. The summed E-state index contributed by atoms with van der Waals surface area (Å²) < 4.78 is 5.34. The number of nitrogens with zero attached hydrogens (tertiary/aromatic N) is 1. The molecule has 0 bridgehead atoms. The van der Waals surface area contributed by atoms with Crippen LogP contribution in [0.15, 0.2) is 34.9 Å². The van der Waals surface area contributed by atoms with Crippen LogP contribution in [0.3, 0.4) is 0 Å². The molecular weight excluding hydrogens is 238 g/mol. The van der Waals surface area contributed by atoms with Crippen LogP contribution in [0.2, 0.25) is 0 Å². The fraction of sp³-hybridized carbons (Fsp3) is 0.308. The van der Waals surface area contributed by atoms with E-state index in [1.54, 1.807) is 6.26 Å². The van der Waals surface area contributed by atoms with Crippen molar-refractivity contribution >= 4 is 29.0 Å². The number of carbonyl (C=O) groups excluding carboxylic acids is 1. The van der Waals surface area contributed by atoms with E-state index in [-0.39, 0.29) is 18.2 Å². The smallest absolute Gasteiger partial charge is 0.199 e. The van der Waals surface area contributed by atoms with E-state index in [1.165, 1.54) is 0 Å². The molecule has 0 aliphatic rings. The van der Waals surface area contributed by atoms with Crippen LogP contribution in [0.5, 0.6) is 0 Å². The molecular formula is C13H16ClNO2. The minimum atomic E-state index is 0. The molecule has 3 nitrogen and oxygen atoms in total. The molecule has 2 aromatic rings. The zero-order valence-electron chi connectivity index (χ0n) is 9.97. The van der Waals surface area contributed by atoms with E-state index in [4.69, 9.17) is 4.42 Å². The van der Waals surface area contributed by atoms with E-state index in [9.17, 15) is 4.79 Å². The maximum atomic E-state index is 11.9. The van der Waals surface area contributed by atoms with Gasteiger partial charge in [-0.05, 0) is 14.1 Å². The van der Waals surface area contributed by atoms with Crippen LogP contribution >= 0.6 is 12.4 Å². The number of carbonyl (C=O) groups is 1. The van der Waals surface area contributed by atoms with E-state index in [0.717, 1.165) is 17.3 Å². The molecule has 1 aromatic heterocycles. The molecule has 0 fully saturated rings. The Morgan fingerprint density at radius 1 is 1.29 bits per heavy atom. The van der Waals surface area contributed by atoms with Gasteiger partial charge in [-0.2, -0.15) is 0 Å². The predicted molar refractivity (Wildman–Crippen MR) is 71.0 cm³/mol. The standard InChI is InChI=1S/C13H15NO2.ClH/c1-14(2)8-7-12(15)13-11-6-4-3-5-10(11)9-16-13;/h3-6,9H,7-8H2,1-2H3;1H. The van der Waals surface area contributed by atoms with Gasteiger partial charge in [0.1, 0.15) is 0 Å². The van der Waals surface area contributed by atoms with E-state index in [1.807, 2.05) is 43.3 Å². The molecule has 0 atom stereocenters. The maximum absolute atomic E-state index is 11.9. The summed E-state index contributed by atoms with van der Waals surface area (Å²) in [5.74, 6) is 0.548. The van der Waals surface area contributed by atoms with Gasteiger partial charge in [-0.1, -0.05) is 24.3 Å². The Labute approximate surface area is 107 Å². The average molecular weight is 254 g/mol. The second-order valence-electron chi connectivity index (χ2n) is 4.13. The Kier molecular flexibility index (Phi) is 4.73. The highest BCUT2D eigenvalue weighted by atomic mass is 35.5. The minimum absolute atomic E-state index is 0. The van der Waals surface area contributed by atoms with Crippen LogP contribution in [-0.2, 0) is 0 Å². The first-order valence-electron chi connectivity index (χ1n) is 5.32. The monoisotopic (exact) mass is 253 g/mol. The van der Waals surface area contributed by atoms with Gasteiger partial charge in [-0.25, -0.2) is 0 Å². The van der Waals surface area contributed by atoms with Gasteiger partial charge in [-0.15, -0.1) is 12.4 Å². The molecule has 0 saturated heterocycles. The first-order chi connectivity index (χ1) is 7.68. The predicted octanol–water partition coefficient (Wildman–Crippen LogP) is 2.99. The summed E-state index contributed by atoms with van der Waals surface area (Å²) in [5, 5.41) is 1.89. The Morgan fingerprint density at radius 2 is 2.00 bits per heavy atom. The lowest BCUT2D eigenvalue weighted by Crippen LogP contribution is -2.16. The number of ketones is 1. The SMILES string of the molecule is CN(C)CCC(=O)c1occ2ccccc12.Cl. The molecule has 92 valence electrons. The second-order valence-corrected chi connectivity index (χ2v) is 4.13. The number of hydrogen-bond acceptors (Lipinski definition) is 3. The third kappa shape index (κ3) is 3.08. The molecule has 17 heavy (non-hydrogen) atoms. The summed E-state index contributed by atoms with van der Waals surface area (Å²) in [7, 11) is 3.90. The third-order valence-corrected chi connectivity index (χ3v) is 2.55. The lowest BCUT2D eigenvalue weighted by molar-refractivity contribution is 0.0948. The van der Waals surface area contributed by atoms with E-state index in [2.05, 4.69) is 0 Å².